The van der Waals surface area contributed by atoms with Gasteiger partial charge in [0.15, 0.2) is 0 Å². The Balaban J connectivity index is 1.99. The first-order valence-corrected chi connectivity index (χ1v) is 7.00. The lowest BCUT2D eigenvalue weighted by Crippen LogP contribution is -2.31. The first-order chi connectivity index (χ1) is 9.58. The normalized spacial score (nSPS) is 12.2. The number of amides is 1. The SMILES string of the molecule is CC[C@H](NC(=O)Cn1cc(Cl)cn1)c1ccc(C)cc1. The molecule has 1 heterocycles. The molecule has 1 aromatic carbocycles. The van der Waals surface area contributed by atoms with Crippen molar-refractivity contribution < 1.29 is 4.79 Å². The van der Waals surface area contributed by atoms with Crippen LogP contribution in [0.25, 0.3) is 0 Å². The van der Waals surface area contributed by atoms with E-state index in [2.05, 4.69) is 41.6 Å². The van der Waals surface area contributed by atoms with Crippen molar-refractivity contribution in [2.24, 2.45) is 0 Å². The van der Waals surface area contributed by atoms with Crippen LogP contribution in [0.2, 0.25) is 5.02 Å². The fourth-order valence-corrected chi connectivity index (χ4v) is 2.19. The van der Waals surface area contributed by atoms with Crippen LogP contribution in [0.5, 0.6) is 0 Å². The number of benzene rings is 1. The van der Waals surface area contributed by atoms with Gasteiger partial charge in [-0.3, -0.25) is 9.48 Å². The third kappa shape index (κ3) is 3.84. The summed E-state index contributed by atoms with van der Waals surface area (Å²) in [5.41, 5.74) is 2.33. The van der Waals surface area contributed by atoms with E-state index in [0.717, 1.165) is 12.0 Å². The van der Waals surface area contributed by atoms with Crippen LogP contribution >= 0.6 is 11.6 Å². The van der Waals surface area contributed by atoms with Crippen LogP contribution in [0.1, 0.15) is 30.5 Å². The minimum atomic E-state index is -0.0720. The molecule has 2 aromatic rings. The number of nitrogens with one attached hydrogen (secondary N) is 1. The van der Waals surface area contributed by atoms with Crippen molar-refractivity contribution in [2.75, 3.05) is 0 Å². The third-order valence-corrected chi connectivity index (χ3v) is 3.33. The zero-order valence-electron chi connectivity index (χ0n) is 11.6. The summed E-state index contributed by atoms with van der Waals surface area (Å²) in [6.45, 7) is 4.27. The van der Waals surface area contributed by atoms with Crippen molar-refractivity contribution in [1.82, 2.24) is 15.1 Å². The van der Waals surface area contributed by atoms with E-state index in [1.807, 2.05) is 6.92 Å². The molecule has 4 nitrogen and oxygen atoms in total. The Kier molecular flexibility index (Phi) is 4.79. The van der Waals surface area contributed by atoms with Gasteiger partial charge in [0, 0.05) is 6.20 Å². The minimum Gasteiger partial charge on any atom is -0.348 e. The van der Waals surface area contributed by atoms with Gasteiger partial charge >= 0.3 is 0 Å². The number of aryl methyl sites for hydroxylation is 1. The summed E-state index contributed by atoms with van der Waals surface area (Å²) in [7, 11) is 0. The molecule has 1 aromatic heterocycles. The van der Waals surface area contributed by atoms with Gasteiger partial charge in [-0.1, -0.05) is 48.4 Å². The monoisotopic (exact) mass is 291 g/mol. The van der Waals surface area contributed by atoms with Crippen molar-refractivity contribution in [3.05, 3.63) is 52.8 Å². The predicted molar refractivity (Wildman–Crippen MR) is 79.6 cm³/mol. The van der Waals surface area contributed by atoms with E-state index in [4.69, 9.17) is 11.6 Å². The van der Waals surface area contributed by atoms with Gasteiger partial charge in [-0.2, -0.15) is 5.10 Å². The third-order valence-electron chi connectivity index (χ3n) is 3.13. The molecule has 0 unspecified atom stereocenters. The average Bonchev–Trinajstić information content (AvgIpc) is 2.82. The van der Waals surface area contributed by atoms with Gasteiger partial charge in [-0.25, -0.2) is 0 Å². The molecular formula is C15H18ClN3O. The van der Waals surface area contributed by atoms with Crippen LogP contribution in [-0.4, -0.2) is 15.7 Å². The molecule has 0 spiro atoms. The second-order valence-corrected chi connectivity index (χ2v) is 5.23. The van der Waals surface area contributed by atoms with Crippen LogP contribution < -0.4 is 5.32 Å². The smallest absolute Gasteiger partial charge is 0.242 e. The second kappa shape index (κ2) is 6.57. The van der Waals surface area contributed by atoms with Gasteiger partial charge in [0.05, 0.1) is 17.3 Å². The van der Waals surface area contributed by atoms with E-state index in [0.29, 0.717) is 5.02 Å². The first-order valence-electron chi connectivity index (χ1n) is 6.62. The molecule has 106 valence electrons. The molecule has 20 heavy (non-hydrogen) atoms. The van der Waals surface area contributed by atoms with E-state index >= 15 is 0 Å². The molecule has 0 bridgehead atoms. The van der Waals surface area contributed by atoms with E-state index in [9.17, 15) is 4.79 Å². The van der Waals surface area contributed by atoms with Gasteiger partial charge in [-0.15, -0.1) is 0 Å². The topological polar surface area (TPSA) is 46.9 Å². The van der Waals surface area contributed by atoms with Crippen LogP contribution in [0.15, 0.2) is 36.7 Å². The number of aromatic nitrogens is 2. The number of hydrogen-bond acceptors (Lipinski definition) is 2. The largest absolute Gasteiger partial charge is 0.348 e. The molecule has 0 radical (unpaired) electrons. The zero-order valence-corrected chi connectivity index (χ0v) is 12.4. The molecule has 0 fully saturated rings. The maximum Gasteiger partial charge on any atom is 0.242 e. The van der Waals surface area contributed by atoms with E-state index in [1.165, 1.54) is 16.4 Å². The lowest BCUT2D eigenvalue weighted by Gasteiger charge is -2.17. The maximum atomic E-state index is 12.0. The molecule has 1 amide bonds. The lowest BCUT2D eigenvalue weighted by atomic mass is 10.0. The number of hydrogen-bond donors (Lipinski definition) is 1. The van der Waals surface area contributed by atoms with Gasteiger partial charge < -0.3 is 5.32 Å². The minimum absolute atomic E-state index is 0.0223. The van der Waals surface area contributed by atoms with Crippen molar-refractivity contribution in [3.8, 4) is 0 Å². The van der Waals surface area contributed by atoms with Gasteiger partial charge in [-0.05, 0) is 18.9 Å². The van der Waals surface area contributed by atoms with Gasteiger partial charge in [0.1, 0.15) is 6.54 Å². The summed E-state index contributed by atoms with van der Waals surface area (Å²) >= 11 is 5.77. The van der Waals surface area contributed by atoms with Crippen LogP contribution in [0.3, 0.4) is 0 Å². The quantitative estimate of drug-likeness (QED) is 0.920. The zero-order chi connectivity index (χ0) is 14.5. The predicted octanol–water partition coefficient (Wildman–Crippen LogP) is 3.11. The standard InChI is InChI=1S/C15H18ClN3O/c1-3-14(12-6-4-11(2)5-7-12)18-15(20)10-19-9-13(16)8-17-19/h4-9,14H,3,10H2,1-2H3,(H,18,20)/t14-/m0/s1. The molecular weight excluding hydrogens is 274 g/mol. The fraction of sp³-hybridized carbons (Fsp3) is 0.333. The number of carbonyl (C=O) groups is 1. The Morgan fingerprint density at radius 3 is 2.65 bits per heavy atom. The highest BCUT2D eigenvalue weighted by atomic mass is 35.5. The van der Waals surface area contributed by atoms with E-state index < -0.39 is 0 Å². The number of carbonyl (C=O) groups excluding carboxylic acids is 1. The average molecular weight is 292 g/mol. The highest BCUT2D eigenvalue weighted by molar-refractivity contribution is 6.30. The Morgan fingerprint density at radius 1 is 1.40 bits per heavy atom. The molecule has 0 saturated heterocycles. The Hall–Kier alpha value is -1.81. The lowest BCUT2D eigenvalue weighted by molar-refractivity contribution is -0.122. The molecule has 0 aliphatic carbocycles. The van der Waals surface area contributed by atoms with Crippen molar-refractivity contribution in [1.29, 1.82) is 0 Å². The van der Waals surface area contributed by atoms with Crippen LogP contribution in [0, 0.1) is 6.92 Å². The van der Waals surface area contributed by atoms with Crippen molar-refractivity contribution in [3.63, 3.8) is 0 Å². The van der Waals surface area contributed by atoms with Crippen molar-refractivity contribution in [2.45, 2.75) is 32.9 Å². The molecule has 0 aliphatic rings. The Morgan fingerprint density at radius 2 is 2.10 bits per heavy atom. The van der Waals surface area contributed by atoms with E-state index in [1.54, 1.807) is 6.20 Å². The summed E-state index contributed by atoms with van der Waals surface area (Å²) < 4.78 is 1.53. The molecule has 0 aliphatic heterocycles. The summed E-state index contributed by atoms with van der Waals surface area (Å²) in [6.07, 6.45) is 3.99. The van der Waals surface area contributed by atoms with E-state index in [-0.39, 0.29) is 18.5 Å². The maximum absolute atomic E-state index is 12.0. The first kappa shape index (κ1) is 14.6. The number of halogens is 1. The molecule has 2 rings (SSSR count). The highest BCUT2D eigenvalue weighted by Gasteiger charge is 2.13. The molecule has 1 atom stereocenters. The second-order valence-electron chi connectivity index (χ2n) is 4.80. The Labute approximate surface area is 123 Å². The molecule has 5 heteroatoms. The van der Waals surface area contributed by atoms with Gasteiger partial charge in [0.25, 0.3) is 0 Å². The fourth-order valence-electron chi connectivity index (χ4n) is 2.03. The van der Waals surface area contributed by atoms with Crippen LogP contribution in [0.4, 0.5) is 0 Å². The summed E-state index contributed by atoms with van der Waals surface area (Å²) in [5, 5.41) is 7.55. The van der Waals surface area contributed by atoms with Crippen molar-refractivity contribution >= 4 is 17.5 Å². The summed E-state index contributed by atoms with van der Waals surface area (Å²) in [6, 6.07) is 8.23. The van der Waals surface area contributed by atoms with Crippen LogP contribution in [-0.2, 0) is 11.3 Å². The summed E-state index contributed by atoms with van der Waals surface area (Å²) in [4.78, 5) is 12.0. The molecule has 1 N–H and O–H groups in total. The number of rotatable bonds is 5. The summed E-state index contributed by atoms with van der Waals surface area (Å²) in [5.74, 6) is -0.0720. The highest BCUT2D eigenvalue weighted by Crippen LogP contribution is 2.17. The van der Waals surface area contributed by atoms with Gasteiger partial charge in [0.2, 0.25) is 5.91 Å². The number of nitrogens with zero attached hydrogens (tertiary/aromatic N) is 2. The Bertz CT molecular complexity index is 577. The molecule has 0 saturated carbocycles.